The zero-order valence-corrected chi connectivity index (χ0v) is 12.9. The van der Waals surface area contributed by atoms with Crippen LogP contribution in [0.5, 0.6) is 0 Å². The molecule has 4 atom stereocenters. The molecule has 0 aromatic heterocycles. The number of likely N-dealkylation sites (N-methyl/N-ethyl adjacent to an activating group) is 1. The molecule has 0 aromatic rings. The zero-order chi connectivity index (χ0) is 13.4. The van der Waals surface area contributed by atoms with Crippen LogP contribution in [0.25, 0.3) is 0 Å². The summed E-state index contributed by atoms with van der Waals surface area (Å²) in [5, 5.41) is 3.61. The molecule has 18 heavy (non-hydrogen) atoms. The zero-order valence-electron chi connectivity index (χ0n) is 12.9. The van der Waals surface area contributed by atoms with Gasteiger partial charge in [-0.05, 0) is 44.1 Å². The smallest absolute Gasteiger partial charge is 0.0730 e. The van der Waals surface area contributed by atoms with Gasteiger partial charge in [0.05, 0.1) is 6.10 Å². The first-order valence-corrected chi connectivity index (χ1v) is 8.06. The Morgan fingerprint density at radius 2 is 2.00 bits per heavy atom. The summed E-state index contributed by atoms with van der Waals surface area (Å²) in [5.41, 5.74) is 0. The summed E-state index contributed by atoms with van der Waals surface area (Å²) in [7, 11) is 0. The highest BCUT2D eigenvalue weighted by molar-refractivity contribution is 4.85. The fourth-order valence-corrected chi connectivity index (χ4v) is 3.13. The molecule has 1 aliphatic carbocycles. The predicted octanol–water partition coefficient (Wildman–Crippen LogP) is 4.00. The second-order valence-corrected chi connectivity index (χ2v) is 6.02. The molecule has 0 amide bonds. The molecule has 0 bridgehead atoms. The number of ether oxygens (including phenoxy) is 1. The molecule has 0 radical (unpaired) electrons. The lowest BCUT2D eigenvalue weighted by Gasteiger charge is -2.36. The van der Waals surface area contributed by atoms with Gasteiger partial charge < -0.3 is 10.1 Å². The van der Waals surface area contributed by atoms with E-state index < -0.39 is 0 Å². The molecule has 1 N–H and O–H groups in total. The van der Waals surface area contributed by atoms with Crippen LogP contribution in [0, 0.1) is 11.8 Å². The predicted molar refractivity (Wildman–Crippen MR) is 78.9 cm³/mol. The lowest BCUT2D eigenvalue weighted by molar-refractivity contribution is -0.0244. The minimum atomic E-state index is 0.447. The Morgan fingerprint density at radius 1 is 1.22 bits per heavy atom. The van der Waals surface area contributed by atoms with Crippen LogP contribution in [0.4, 0.5) is 0 Å². The molecule has 4 unspecified atom stereocenters. The van der Waals surface area contributed by atoms with Crippen molar-refractivity contribution in [2.24, 2.45) is 11.8 Å². The molecule has 108 valence electrons. The molecule has 0 saturated heterocycles. The SMILES string of the molecule is CCCC(C)COC1CC(CC)CCC1NCC. The van der Waals surface area contributed by atoms with E-state index in [1.54, 1.807) is 0 Å². The van der Waals surface area contributed by atoms with Crippen LogP contribution in [0.3, 0.4) is 0 Å². The first kappa shape index (κ1) is 16.0. The monoisotopic (exact) mass is 255 g/mol. The molecular weight excluding hydrogens is 222 g/mol. The summed E-state index contributed by atoms with van der Waals surface area (Å²) in [6, 6.07) is 0.589. The Labute approximate surface area is 114 Å². The van der Waals surface area contributed by atoms with E-state index in [2.05, 4.69) is 33.0 Å². The summed E-state index contributed by atoms with van der Waals surface area (Å²) in [5.74, 6) is 1.59. The van der Waals surface area contributed by atoms with Crippen molar-refractivity contribution in [2.75, 3.05) is 13.2 Å². The van der Waals surface area contributed by atoms with Gasteiger partial charge in [0.1, 0.15) is 0 Å². The number of hydrogen-bond acceptors (Lipinski definition) is 2. The first-order valence-electron chi connectivity index (χ1n) is 8.06. The summed E-state index contributed by atoms with van der Waals surface area (Å²) in [6.45, 7) is 11.1. The molecule has 1 saturated carbocycles. The van der Waals surface area contributed by atoms with E-state index in [0.717, 1.165) is 19.1 Å². The van der Waals surface area contributed by atoms with Crippen molar-refractivity contribution in [2.45, 2.75) is 78.4 Å². The molecule has 0 aromatic carbocycles. The number of hydrogen-bond donors (Lipinski definition) is 1. The van der Waals surface area contributed by atoms with E-state index in [0.29, 0.717) is 18.1 Å². The van der Waals surface area contributed by atoms with Gasteiger partial charge in [-0.1, -0.05) is 40.5 Å². The summed E-state index contributed by atoms with van der Waals surface area (Å²) in [6.07, 6.45) is 8.23. The van der Waals surface area contributed by atoms with Crippen LogP contribution >= 0.6 is 0 Å². The van der Waals surface area contributed by atoms with Gasteiger partial charge in [-0.3, -0.25) is 0 Å². The van der Waals surface area contributed by atoms with E-state index in [-0.39, 0.29) is 0 Å². The van der Waals surface area contributed by atoms with Crippen LogP contribution in [0.2, 0.25) is 0 Å². The second-order valence-electron chi connectivity index (χ2n) is 6.02. The number of rotatable bonds is 8. The van der Waals surface area contributed by atoms with Crippen molar-refractivity contribution in [1.82, 2.24) is 5.32 Å². The Morgan fingerprint density at radius 3 is 2.61 bits per heavy atom. The van der Waals surface area contributed by atoms with Crippen molar-refractivity contribution >= 4 is 0 Å². The molecule has 2 nitrogen and oxygen atoms in total. The Hall–Kier alpha value is -0.0800. The number of nitrogens with one attached hydrogen (secondary N) is 1. The van der Waals surface area contributed by atoms with Gasteiger partial charge in [0, 0.05) is 12.6 Å². The summed E-state index contributed by atoms with van der Waals surface area (Å²) in [4.78, 5) is 0. The average Bonchev–Trinajstić information content (AvgIpc) is 2.38. The summed E-state index contributed by atoms with van der Waals surface area (Å²) >= 11 is 0. The van der Waals surface area contributed by atoms with Crippen LogP contribution in [0.1, 0.15) is 66.2 Å². The Bertz CT molecular complexity index is 207. The van der Waals surface area contributed by atoms with Gasteiger partial charge in [0.2, 0.25) is 0 Å². The second kappa shape index (κ2) is 8.92. The summed E-state index contributed by atoms with van der Waals surface area (Å²) < 4.78 is 6.23. The van der Waals surface area contributed by atoms with Crippen molar-refractivity contribution in [3.63, 3.8) is 0 Å². The molecule has 0 aliphatic heterocycles. The third-order valence-corrected chi connectivity index (χ3v) is 4.32. The van der Waals surface area contributed by atoms with E-state index >= 15 is 0 Å². The standard InChI is InChI=1S/C16H33NO/c1-5-8-13(4)12-18-16-11-14(6-2)9-10-15(16)17-7-3/h13-17H,5-12H2,1-4H3. The minimum Gasteiger partial charge on any atom is -0.376 e. The van der Waals surface area contributed by atoms with Gasteiger partial charge in [-0.25, -0.2) is 0 Å². The first-order chi connectivity index (χ1) is 8.71. The normalized spacial score (nSPS) is 30.3. The van der Waals surface area contributed by atoms with Gasteiger partial charge in [0.15, 0.2) is 0 Å². The van der Waals surface area contributed by atoms with E-state index in [4.69, 9.17) is 4.74 Å². The highest BCUT2D eigenvalue weighted by atomic mass is 16.5. The highest BCUT2D eigenvalue weighted by Crippen LogP contribution is 2.29. The minimum absolute atomic E-state index is 0.447. The lowest BCUT2D eigenvalue weighted by Crippen LogP contribution is -2.46. The molecule has 0 heterocycles. The van der Waals surface area contributed by atoms with Crippen molar-refractivity contribution in [3.05, 3.63) is 0 Å². The third-order valence-electron chi connectivity index (χ3n) is 4.32. The van der Waals surface area contributed by atoms with Crippen LogP contribution in [-0.2, 0) is 4.74 Å². The van der Waals surface area contributed by atoms with E-state index in [1.165, 1.54) is 38.5 Å². The maximum absolute atomic E-state index is 6.23. The maximum atomic E-state index is 6.23. The van der Waals surface area contributed by atoms with Crippen LogP contribution in [-0.4, -0.2) is 25.3 Å². The molecule has 0 spiro atoms. The van der Waals surface area contributed by atoms with Crippen molar-refractivity contribution in [1.29, 1.82) is 0 Å². The van der Waals surface area contributed by atoms with Gasteiger partial charge in [-0.15, -0.1) is 0 Å². The van der Waals surface area contributed by atoms with E-state index in [1.807, 2.05) is 0 Å². The van der Waals surface area contributed by atoms with Gasteiger partial charge in [0.25, 0.3) is 0 Å². The Kier molecular flexibility index (Phi) is 7.92. The topological polar surface area (TPSA) is 21.3 Å². The molecule has 1 fully saturated rings. The van der Waals surface area contributed by atoms with Crippen LogP contribution in [0.15, 0.2) is 0 Å². The largest absolute Gasteiger partial charge is 0.376 e. The lowest BCUT2D eigenvalue weighted by atomic mass is 9.82. The molecule has 2 heteroatoms. The maximum Gasteiger partial charge on any atom is 0.0730 e. The van der Waals surface area contributed by atoms with Crippen molar-refractivity contribution in [3.8, 4) is 0 Å². The quantitative estimate of drug-likeness (QED) is 0.708. The molecule has 1 rings (SSSR count). The average molecular weight is 255 g/mol. The Balaban J connectivity index is 2.40. The molecule has 1 aliphatic rings. The third kappa shape index (κ3) is 5.27. The molecular formula is C16H33NO. The van der Waals surface area contributed by atoms with Gasteiger partial charge in [-0.2, -0.15) is 0 Å². The van der Waals surface area contributed by atoms with Crippen LogP contribution < -0.4 is 5.32 Å². The van der Waals surface area contributed by atoms with E-state index in [9.17, 15) is 0 Å². The fourth-order valence-electron chi connectivity index (χ4n) is 3.13. The highest BCUT2D eigenvalue weighted by Gasteiger charge is 2.30. The van der Waals surface area contributed by atoms with Gasteiger partial charge >= 0.3 is 0 Å². The fraction of sp³-hybridized carbons (Fsp3) is 1.00. The van der Waals surface area contributed by atoms with Crippen molar-refractivity contribution < 1.29 is 4.74 Å².